The van der Waals surface area contributed by atoms with E-state index in [1.807, 2.05) is 0 Å². The molecule has 15 heavy (non-hydrogen) atoms. The fraction of sp³-hybridized carbons (Fsp3) is 0.909. The Morgan fingerprint density at radius 2 is 2.13 bits per heavy atom. The van der Waals surface area contributed by atoms with E-state index in [0.29, 0.717) is 17.7 Å². The second-order valence-electron chi connectivity index (χ2n) is 5.20. The number of hydrogen-bond donors (Lipinski definition) is 2. The summed E-state index contributed by atoms with van der Waals surface area (Å²) in [6.45, 7) is 7.85. The zero-order chi connectivity index (χ0) is 11.3. The van der Waals surface area contributed by atoms with Gasteiger partial charge in [0, 0.05) is 13.0 Å². The Morgan fingerprint density at radius 3 is 2.80 bits per heavy atom. The lowest BCUT2D eigenvalue weighted by Gasteiger charge is -2.23. The second-order valence-corrected chi connectivity index (χ2v) is 5.20. The van der Waals surface area contributed by atoms with E-state index in [-0.39, 0.29) is 0 Å². The summed E-state index contributed by atoms with van der Waals surface area (Å²) in [4.78, 5) is 2.41. The fourth-order valence-corrected chi connectivity index (χ4v) is 2.03. The molecule has 4 nitrogen and oxygen atoms in total. The van der Waals surface area contributed by atoms with Crippen molar-refractivity contribution in [2.45, 2.75) is 39.5 Å². The number of oxime groups is 1. The van der Waals surface area contributed by atoms with Crippen LogP contribution in [0.4, 0.5) is 0 Å². The number of hydrogen-bond acceptors (Lipinski definition) is 3. The van der Waals surface area contributed by atoms with Crippen LogP contribution in [-0.4, -0.2) is 35.6 Å². The van der Waals surface area contributed by atoms with Crippen molar-refractivity contribution in [3.63, 3.8) is 0 Å². The lowest BCUT2D eigenvalue weighted by Crippen LogP contribution is -2.29. The van der Waals surface area contributed by atoms with Gasteiger partial charge in [0.2, 0.25) is 0 Å². The van der Waals surface area contributed by atoms with Crippen LogP contribution in [0.25, 0.3) is 0 Å². The van der Waals surface area contributed by atoms with Gasteiger partial charge in [-0.15, -0.1) is 0 Å². The van der Waals surface area contributed by atoms with Crippen molar-refractivity contribution in [3.05, 3.63) is 0 Å². The highest BCUT2D eigenvalue weighted by molar-refractivity contribution is 5.79. The van der Waals surface area contributed by atoms with Gasteiger partial charge < -0.3 is 15.8 Å². The van der Waals surface area contributed by atoms with Crippen LogP contribution in [0, 0.1) is 5.41 Å². The normalized spacial score (nSPS) is 23.7. The number of nitrogens with zero attached hydrogens (tertiary/aromatic N) is 2. The maximum atomic E-state index is 8.45. The van der Waals surface area contributed by atoms with Gasteiger partial charge in [-0.05, 0) is 37.8 Å². The Labute approximate surface area is 92.1 Å². The molecular weight excluding hydrogens is 190 g/mol. The van der Waals surface area contributed by atoms with Crippen LogP contribution >= 0.6 is 0 Å². The molecule has 0 bridgehead atoms. The van der Waals surface area contributed by atoms with Crippen molar-refractivity contribution in [1.29, 1.82) is 0 Å². The van der Waals surface area contributed by atoms with Crippen molar-refractivity contribution in [3.8, 4) is 0 Å². The molecule has 0 spiro atoms. The first-order chi connectivity index (χ1) is 7.03. The average Bonchev–Trinajstić information content (AvgIpc) is 2.36. The summed E-state index contributed by atoms with van der Waals surface area (Å²) in [5.74, 6) is 0.332. The molecule has 4 heteroatoms. The lowest BCUT2D eigenvalue weighted by molar-refractivity contribution is 0.265. The summed E-state index contributed by atoms with van der Waals surface area (Å²) in [7, 11) is 0. The van der Waals surface area contributed by atoms with Gasteiger partial charge in [-0.3, -0.25) is 0 Å². The maximum Gasteiger partial charge on any atom is 0.140 e. The zero-order valence-corrected chi connectivity index (χ0v) is 9.87. The van der Waals surface area contributed by atoms with E-state index < -0.39 is 0 Å². The third-order valence-electron chi connectivity index (χ3n) is 3.25. The lowest BCUT2D eigenvalue weighted by atomic mass is 9.85. The minimum Gasteiger partial charge on any atom is -0.409 e. The predicted molar refractivity (Wildman–Crippen MR) is 62.1 cm³/mol. The summed E-state index contributed by atoms with van der Waals surface area (Å²) in [5.41, 5.74) is 5.93. The van der Waals surface area contributed by atoms with E-state index >= 15 is 0 Å². The Bertz CT molecular complexity index is 226. The highest BCUT2D eigenvalue weighted by atomic mass is 16.4. The topological polar surface area (TPSA) is 61.8 Å². The third kappa shape index (κ3) is 4.51. The van der Waals surface area contributed by atoms with Gasteiger partial charge in [0.1, 0.15) is 5.84 Å². The molecule has 0 unspecified atom stereocenters. The van der Waals surface area contributed by atoms with Crippen LogP contribution in [0.5, 0.6) is 0 Å². The third-order valence-corrected chi connectivity index (χ3v) is 3.25. The molecule has 0 aliphatic carbocycles. The van der Waals surface area contributed by atoms with Crippen LogP contribution in [0.3, 0.4) is 0 Å². The van der Waals surface area contributed by atoms with Crippen LogP contribution in [0.1, 0.15) is 39.5 Å². The molecule has 1 aliphatic rings. The minimum absolute atomic E-state index is 0.332. The van der Waals surface area contributed by atoms with E-state index in [0.717, 1.165) is 19.6 Å². The molecule has 1 aliphatic heterocycles. The molecule has 0 radical (unpaired) electrons. The first kappa shape index (κ1) is 12.3. The Balaban J connectivity index is 2.32. The van der Waals surface area contributed by atoms with Gasteiger partial charge in [0.05, 0.1) is 0 Å². The summed E-state index contributed by atoms with van der Waals surface area (Å²) in [6.07, 6.45) is 4.45. The fourth-order valence-electron chi connectivity index (χ4n) is 2.03. The maximum absolute atomic E-state index is 8.45. The van der Waals surface area contributed by atoms with Crippen molar-refractivity contribution < 1.29 is 5.21 Å². The monoisotopic (exact) mass is 213 g/mol. The van der Waals surface area contributed by atoms with Crippen LogP contribution < -0.4 is 5.73 Å². The molecule has 1 fully saturated rings. The molecule has 3 N–H and O–H groups in total. The standard InChI is InChI=1S/C11H23N3O/c1-11(2)5-3-7-14(9-6-11)8-4-10(12)13-15/h15H,3-9H2,1-2H3,(H2,12,13). The van der Waals surface area contributed by atoms with Gasteiger partial charge >= 0.3 is 0 Å². The Hall–Kier alpha value is -0.770. The van der Waals surface area contributed by atoms with Crippen molar-refractivity contribution >= 4 is 5.84 Å². The van der Waals surface area contributed by atoms with E-state index in [1.54, 1.807) is 0 Å². The molecule has 0 amide bonds. The average molecular weight is 213 g/mol. The molecule has 1 heterocycles. The SMILES string of the molecule is CC1(C)CCCN(CCC(N)=NO)CC1. The molecule has 1 rings (SSSR count). The molecule has 0 aromatic carbocycles. The van der Waals surface area contributed by atoms with E-state index in [4.69, 9.17) is 10.9 Å². The van der Waals surface area contributed by atoms with Gasteiger partial charge in [0.15, 0.2) is 0 Å². The Morgan fingerprint density at radius 1 is 1.40 bits per heavy atom. The molecule has 88 valence electrons. The highest BCUT2D eigenvalue weighted by Gasteiger charge is 2.22. The van der Waals surface area contributed by atoms with E-state index in [1.165, 1.54) is 19.3 Å². The summed E-state index contributed by atoms with van der Waals surface area (Å²) in [5, 5.41) is 11.4. The number of likely N-dealkylation sites (tertiary alicyclic amines) is 1. The highest BCUT2D eigenvalue weighted by Crippen LogP contribution is 2.29. The summed E-state index contributed by atoms with van der Waals surface area (Å²) in [6, 6.07) is 0. The number of amidine groups is 1. The molecule has 0 aromatic rings. The molecule has 0 aromatic heterocycles. The molecule has 1 saturated heterocycles. The van der Waals surface area contributed by atoms with Crippen molar-refractivity contribution in [2.24, 2.45) is 16.3 Å². The minimum atomic E-state index is 0.332. The first-order valence-electron chi connectivity index (χ1n) is 5.72. The zero-order valence-electron chi connectivity index (χ0n) is 9.87. The molecular formula is C11H23N3O. The van der Waals surface area contributed by atoms with E-state index in [9.17, 15) is 0 Å². The van der Waals surface area contributed by atoms with Gasteiger partial charge in [-0.25, -0.2) is 0 Å². The quantitative estimate of drug-likeness (QED) is 0.324. The smallest absolute Gasteiger partial charge is 0.140 e. The molecule has 0 saturated carbocycles. The van der Waals surface area contributed by atoms with Crippen LogP contribution in [0.15, 0.2) is 5.16 Å². The van der Waals surface area contributed by atoms with Gasteiger partial charge in [-0.2, -0.15) is 0 Å². The second kappa shape index (κ2) is 5.35. The first-order valence-corrected chi connectivity index (χ1v) is 5.72. The summed E-state index contributed by atoms with van der Waals surface area (Å²) < 4.78 is 0. The summed E-state index contributed by atoms with van der Waals surface area (Å²) >= 11 is 0. The van der Waals surface area contributed by atoms with Crippen molar-refractivity contribution in [1.82, 2.24) is 4.90 Å². The van der Waals surface area contributed by atoms with Gasteiger partial charge in [-0.1, -0.05) is 19.0 Å². The largest absolute Gasteiger partial charge is 0.409 e. The van der Waals surface area contributed by atoms with Gasteiger partial charge in [0.25, 0.3) is 0 Å². The molecule has 0 atom stereocenters. The predicted octanol–water partition coefficient (Wildman–Crippen LogP) is 1.63. The van der Waals surface area contributed by atoms with E-state index in [2.05, 4.69) is 23.9 Å². The Kier molecular flexibility index (Phi) is 4.39. The van der Waals surface area contributed by atoms with Crippen molar-refractivity contribution in [2.75, 3.05) is 19.6 Å². The number of nitrogens with two attached hydrogens (primary N) is 1. The number of rotatable bonds is 3. The van der Waals surface area contributed by atoms with Crippen LogP contribution in [-0.2, 0) is 0 Å². The van der Waals surface area contributed by atoms with Crippen LogP contribution in [0.2, 0.25) is 0 Å².